The molecule has 0 aliphatic carbocycles. The van der Waals surface area contributed by atoms with Crippen LogP contribution in [0, 0.1) is 5.92 Å². The summed E-state index contributed by atoms with van der Waals surface area (Å²) in [7, 11) is 0.709. The van der Waals surface area contributed by atoms with Gasteiger partial charge in [0.05, 0.1) is 25.4 Å². The Morgan fingerprint density at radius 1 is 0.964 bits per heavy atom. The highest BCUT2D eigenvalue weighted by molar-refractivity contribution is 6.74. The summed E-state index contributed by atoms with van der Waals surface area (Å²) in [5.74, 6) is -0.372. The highest BCUT2D eigenvalue weighted by Crippen LogP contribution is 2.37. The van der Waals surface area contributed by atoms with Crippen LogP contribution in [0.2, 0.25) is 18.1 Å². The molecular formula is C22H34O5Si. The summed E-state index contributed by atoms with van der Waals surface area (Å²) in [5, 5.41) is 0.110. The largest absolute Gasteiger partial charge is 0.544 e. The van der Waals surface area contributed by atoms with E-state index in [2.05, 4.69) is 33.9 Å². The lowest BCUT2D eigenvalue weighted by atomic mass is 9.93. The number of ether oxygens (including phenoxy) is 2. The molecule has 1 aromatic carbocycles. The van der Waals surface area contributed by atoms with Crippen molar-refractivity contribution in [3.05, 3.63) is 41.0 Å². The SMILES string of the molecule is COC(=O)C(Cc1ccc(O[Si](C)(C)C(C)(C)C)cc1)=C(C(=O)OC)C(C)C. The molecular weight excluding hydrogens is 372 g/mol. The predicted octanol–water partition coefficient (Wildman–Crippen LogP) is 4.91. The summed E-state index contributed by atoms with van der Waals surface area (Å²) >= 11 is 0. The molecule has 5 nitrogen and oxygen atoms in total. The zero-order valence-corrected chi connectivity index (χ0v) is 19.6. The Labute approximate surface area is 170 Å². The molecule has 0 fully saturated rings. The smallest absolute Gasteiger partial charge is 0.334 e. The van der Waals surface area contributed by atoms with E-state index in [4.69, 9.17) is 13.9 Å². The zero-order valence-electron chi connectivity index (χ0n) is 18.6. The van der Waals surface area contributed by atoms with Gasteiger partial charge in [-0.2, -0.15) is 0 Å². The van der Waals surface area contributed by atoms with Crippen molar-refractivity contribution in [2.24, 2.45) is 5.92 Å². The van der Waals surface area contributed by atoms with Gasteiger partial charge in [0, 0.05) is 6.42 Å². The summed E-state index contributed by atoms with van der Waals surface area (Å²) in [6.07, 6.45) is 0.287. The average Bonchev–Trinajstić information content (AvgIpc) is 2.60. The van der Waals surface area contributed by atoms with Gasteiger partial charge in [-0.05, 0) is 41.7 Å². The van der Waals surface area contributed by atoms with Gasteiger partial charge in [-0.3, -0.25) is 0 Å². The van der Waals surface area contributed by atoms with Gasteiger partial charge in [0.1, 0.15) is 5.75 Å². The van der Waals surface area contributed by atoms with Crippen LogP contribution in [0.5, 0.6) is 5.75 Å². The fourth-order valence-corrected chi connectivity index (χ4v) is 3.58. The number of carbonyl (C=O) groups excluding carboxylic acids is 2. The molecule has 0 unspecified atom stereocenters. The molecule has 0 atom stereocenters. The minimum Gasteiger partial charge on any atom is -0.544 e. The van der Waals surface area contributed by atoms with Gasteiger partial charge in [0.2, 0.25) is 8.32 Å². The van der Waals surface area contributed by atoms with Crippen LogP contribution in [-0.4, -0.2) is 34.5 Å². The molecule has 156 valence electrons. The van der Waals surface area contributed by atoms with E-state index in [9.17, 15) is 9.59 Å². The van der Waals surface area contributed by atoms with Crippen LogP contribution in [0.25, 0.3) is 0 Å². The Morgan fingerprint density at radius 3 is 1.86 bits per heavy atom. The van der Waals surface area contributed by atoms with Crippen molar-refractivity contribution < 1.29 is 23.5 Å². The maximum absolute atomic E-state index is 12.3. The molecule has 0 N–H and O–H groups in total. The van der Waals surface area contributed by atoms with Crippen molar-refractivity contribution in [1.82, 2.24) is 0 Å². The lowest BCUT2D eigenvalue weighted by molar-refractivity contribution is -0.139. The number of esters is 2. The van der Waals surface area contributed by atoms with E-state index in [1.165, 1.54) is 14.2 Å². The third-order valence-corrected chi connectivity index (χ3v) is 9.58. The first-order chi connectivity index (χ1) is 12.8. The maximum atomic E-state index is 12.3. The Balaban J connectivity index is 3.19. The van der Waals surface area contributed by atoms with E-state index in [-0.39, 0.29) is 17.4 Å². The minimum absolute atomic E-state index is 0.110. The molecule has 1 aromatic rings. The van der Waals surface area contributed by atoms with Crippen LogP contribution < -0.4 is 4.43 Å². The van der Waals surface area contributed by atoms with Crippen LogP contribution >= 0.6 is 0 Å². The van der Waals surface area contributed by atoms with Crippen molar-refractivity contribution in [1.29, 1.82) is 0 Å². The van der Waals surface area contributed by atoms with Crippen LogP contribution in [0.4, 0.5) is 0 Å². The van der Waals surface area contributed by atoms with Crippen LogP contribution in [0.1, 0.15) is 40.2 Å². The molecule has 28 heavy (non-hydrogen) atoms. The molecule has 0 spiro atoms. The van der Waals surface area contributed by atoms with E-state index in [0.29, 0.717) is 11.1 Å². The quantitative estimate of drug-likeness (QED) is 0.366. The number of carbonyl (C=O) groups is 2. The molecule has 0 saturated heterocycles. The average molecular weight is 407 g/mol. The van der Waals surface area contributed by atoms with Crippen molar-refractivity contribution in [3.63, 3.8) is 0 Å². The van der Waals surface area contributed by atoms with Crippen LogP contribution in [0.15, 0.2) is 35.4 Å². The van der Waals surface area contributed by atoms with Gasteiger partial charge in [-0.25, -0.2) is 9.59 Å². The van der Waals surface area contributed by atoms with E-state index in [1.54, 1.807) is 0 Å². The Bertz CT molecular complexity index is 724. The third kappa shape index (κ3) is 5.96. The van der Waals surface area contributed by atoms with Crippen molar-refractivity contribution >= 4 is 20.3 Å². The highest BCUT2D eigenvalue weighted by atomic mass is 28.4. The van der Waals surface area contributed by atoms with Gasteiger partial charge < -0.3 is 13.9 Å². The highest BCUT2D eigenvalue weighted by Gasteiger charge is 2.38. The molecule has 0 aromatic heterocycles. The molecule has 0 heterocycles. The van der Waals surface area contributed by atoms with Gasteiger partial charge in [0.25, 0.3) is 0 Å². The number of methoxy groups -OCH3 is 2. The lowest BCUT2D eigenvalue weighted by Gasteiger charge is -2.36. The number of hydrogen-bond donors (Lipinski definition) is 0. The lowest BCUT2D eigenvalue weighted by Crippen LogP contribution is -2.43. The molecule has 0 bridgehead atoms. The fraction of sp³-hybridized carbons (Fsp3) is 0.545. The second kappa shape index (κ2) is 9.41. The summed E-state index contributed by atoms with van der Waals surface area (Å²) in [5.41, 5.74) is 1.56. The second-order valence-corrected chi connectivity index (χ2v) is 13.4. The summed E-state index contributed by atoms with van der Waals surface area (Å²) in [6, 6.07) is 7.66. The van der Waals surface area contributed by atoms with Crippen molar-refractivity contribution in [2.45, 2.75) is 59.2 Å². The van der Waals surface area contributed by atoms with Gasteiger partial charge in [-0.1, -0.05) is 46.8 Å². The molecule has 0 aliphatic rings. The summed E-state index contributed by atoms with van der Waals surface area (Å²) < 4.78 is 16.1. The summed E-state index contributed by atoms with van der Waals surface area (Å²) in [4.78, 5) is 24.5. The third-order valence-electron chi connectivity index (χ3n) is 5.22. The molecule has 0 saturated carbocycles. The Kier molecular flexibility index (Phi) is 8.05. The van der Waals surface area contributed by atoms with E-state index in [0.717, 1.165) is 11.3 Å². The molecule has 0 aliphatic heterocycles. The normalized spacial score (nSPS) is 13.1. The zero-order chi connectivity index (χ0) is 21.7. The standard InChI is InChI=1S/C22H34O5Si/c1-15(2)19(21(24)26-7)18(20(23)25-6)14-16-10-12-17(13-11-16)27-28(8,9)22(3,4)5/h10-13,15H,14H2,1-9H3. The molecule has 1 rings (SSSR count). The predicted molar refractivity (Wildman–Crippen MR) is 114 cm³/mol. The monoisotopic (exact) mass is 406 g/mol. The summed E-state index contributed by atoms with van der Waals surface area (Å²) in [6.45, 7) is 14.7. The van der Waals surface area contributed by atoms with E-state index >= 15 is 0 Å². The Hall–Kier alpha value is -2.08. The van der Waals surface area contributed by atoms with Crippen molar-refractivity contribution in [2.75, 3.05) is 14.2 Å². The molecule has 6 heteroatoms. The maximum Gasteiger partial charge on any atom is 0.334 e. The van der Waals surface area contributed by atoms with Crippen LogP contribution in [0.3, 0.4) is 0 Å². The molecule has 0 radical (unpaired) electrons. The minimum atomic E-state index is -1.92. The number of rotatable bonds is 7. The van der Waals surface area contributed by atoms with Crippen LogP contribution in [-0.2, 0) is 25.5 Å². The van der Waals surface area contributed by atoms with Crippen molar-refractivity contribution in [3.8, 4) is 5.75 Å². The fourth-order valence-electron chi connectivity index (χ4n) is 2.55. The Morgan fingerprint density at radius 2 is 1.46 bits per heavy atom. The van der Waals surface area contributed by atoms with Gasteiger partial charge in [0.15, 0.2) is 0 Å². The van der Waals surface area contributed by atoms with E-state index in [1.807, 2.05) is 38.1 Å². The first kappa shape index (κ1) is 24.0. The van der Waals surface area contributed by atoms with E-state index < -0.39 is 20.3 Å². The number of benzene rings is 1. The molecule has 0 amide bonds. The first-order valence-corrected chi connectivity index (χ1v) is 12.4. The van der Waals surface area contributed by atoms with Gasteiger partial charge >= 0.3 is 11.9 Å². The first-order valence-electron chi connectivity index (χ1n) is 9.51. The second-order valence-electron chi connectivity index (χ2n) is 8.71. The van der Waals surface area contributed by atoms with Gasteiger partial charge in [-0.15, -0.1) is 0 Å². The number of hydrogen-bond acceptors (Lipinski definition) is 5. The topological polar surface area (TPSA) is 61.8 Å².